The maximum atomic E-state index is 13.7. The Hall–Kier alpha value is -2.12. The molecule has 14 atom stereocenters. The summed E-state index contributed by atoms with van der Waals surface area (Å²) in [5.74, 6) is -2.45. The molecule has 1 aromatic carbocycles. The van der Waals surface area contributed by atoms with Crippen molar-refractivity contribution in [2.45, 2.75) is 148 Å². The highest BCUT2D eigenvalue weighted by molar-refractivity contribution is 5.89. The van der Waals surface area contributed by atoms with Crippen LogP contribution in [-0.4, -0.2) is 92.1 Å². The van der Waals surface area contributed by atoms with Crippen molar-refractivity contribution in [3.63, 3.8) is 0 Å². The van der Waals surface area contributed by atoms with Gasteiger partial charge in [0.05, 0.1) is 42.5 Å². The lowest BCUT2D eigenvalue weighted by Gasteiger charge is -2.48. The molecule has 2 saturated carbocycles. The van der Waals surface area contributed by atoms with Crippen LogP contribution in [-0.2, 0) is 19.2 Å². The summed E-state index contributed by atoms with van der Waals surface area (Å²) >= 11 is 0. The van der Waals surface area contributed by atoms with Gasteiger partial charge >= 0.3 is 11.9 Å². The van der Waals surface area contributed by atoms with Gasteiger partial charge in [0.2, 0.25) is 0 Å². The van der Waals surface area contributed by atoms with E-state index >= 15 is 0 Å². The van der Waals surface area contributed by atoms with Gasteiger partial charge in [0.1, 0.15) is 18.3 Å². The van der Waals surface area contributed by atoms with Crippen LogP contribution in [0.15, 0.2) is 30.3 Å². The quantitative estimate of drug-likeness (QED) is 0.0727. The van der Waals surface area contributed by atoms with E-state index in [1.165, 1.54) is 0 Å². The van der Waals surface area contributed by atoms with Gasteiger partial charge in [-0.05, 0) is 92.1 Å². The number of esters is 1. The summed E-state index contributed by atoms with van der Waals surface area (Å²) in [6.07, 6.45) is 1.11. The first-order valence-corrected chi connectivity index (χ1v) is 19.8. The van der Waals surface area contributed by atoms with Gasteiger partial charge in [0.25, 0.3) is 0 Å². The Bertz CT molecular complexity index is 1220. The van der Waals surface area contributed by atoms with E-state index in [4.69, 9.17) is 9.47 Å². The van der Waals surface area contributed by atoms with Gasteiger partial charge in [0, 0.05) is 5.92 Å². The first-order chi connectivity index (χ1) is 24.7. The fraction of sp³-hybridized carbons (Fsp3) is 0.805. The van der Waals surface area contributed by atoms with E-state index in [9.17, 15) is 40.4 Å². The first kappa shape index (κ1) is 42.6. The third-order valence-electron chi connectivity index (χ3n) is 12.7. The molecule has 11 heteroatoms. The molecule has 0 spiro atoms. The van der Waals surface area contributed by atoms with Crippen LogP contribution in [0.1, 0.15) is 116 Å². The average molecular weight is 735 g/mol. The lowest BCUT2D eigenvalue weighted by molar-refractivity contribution is -0.244. The van der Waals surface area contributed by atoms with E-state index in [1.807, 2.05) is 6.92 Å². The Morgan fingerprint density at radius 3 is 2.15 bits per heavy atom. The first-order valence-electron chi connectivity index (χ1n) is 19.8. The molecule has 1 aliphatic heterocycles. The summed E-state index contributed by atoms with van der Waals surface area (Å²) in [6, 6.07) is 8.56. The second kappa shape index (κ2) is 20.0. The summed E-state index contributed by atoms with van der Waals surface area (Å²) in [4.78, 5) is 31.1. The SMILES string of the molecule is CC1CC(C)C(CC(C)C(O)C(O)C(O)C(C)C)C(CC2OC(CO)C(O)C(C[C@@H](CC3CCCCC3)C(=O)OO)C2OC(=O)c2ccccc2)C1. The molecule has 0 aromatic heterocycles. The van der Waals surface area contributed by atoms with Crippen LogP contribution in [0.25, 0.3) is 0 Å². The number of carbonyl (C=O) groups excluding carboxylic acids is 2. The monoisotopic (exact) mass is 734 g/mol. The highest BCUT2D eigenvalue weighted by Crippen LogP contribution is 2.47. The molecule has 1 aromatic rings. The third-order valence-corrected chi connectivity index (χ3v) is 12.7. The molecule has 1 saturated heterocycles. The molecule has 2 aliphatic carbocycles. The van der Waals surface area contributed by atoms with Crippen LogP contribution < -0.4 is 0 Å². The second-order valence-corrected chi connectivity index (χ2v) is 17.0. The number of rotatable bonds is 16. The summed E-state index contributed by atoms with van der Waals surface area (Å²) < 4.78 is 12.7. The summed E-state index contributed by atoms with van der Waals surface area (Å²) in [6.45, 7) is 9.41. The van der Waals surface area contributed by atoms with Gasteiger partial charge in [-0.15, -0.1) is 0 Å². The van der Waals surface area contributed by atoms with E-state index in [2.05, 4.69) is 18.7 Å². The number of hydrogen-bond donors (Lipinski definition) is 6. The molecule has 1 heterocycles. The minimum absolute atomic E-state index is 0.0409. The number of aliphatic hydroxyl groups excluding tert-OH is 5. The molecule has 4 rings (SSSR count). The van der Waals surface area contributed by atoms with Crippen molar-refractivity contribution in [3.05, 3.63) is 35.9 Å². The molecule has 296 valence electrons. The molecule has 0 bridgehead atoms. The van der Waals surface area contributed by atoms with Crippen LogP contribution in [0.5, 0.6) is 0 Å². The topological polar surface area (TPSA) is 183 Å². The van der Waals surface area contributed by atoms with Crippen molar-refractivity contribution in [2.75, 3.05) is 6.61 Å². The molecule has 0 radical (unpaired) electrons. The Morgan fingerprint density at radius 2 is 1.54 bits per heavy atom. The Balaban J connectivity index is 1.66. The van der Waals surface area contributed by atoms with Crippen molar-refractivity contribution >= 4 is 11.9 Å². The van der Waals surface area contributed by atoms with Gasteiger partial charge in [0.15, 0.2) is 0 Å². The van der Waals surface area contributed by atoms with Crippen LogP contribution in [0.2, 0.25) is 0 Å². The number of carbonyl (C=O) groups is 2. The molecule has 52 heavy (non-hydrogen) atoms. The van der Waals surface area contributed by atoms with Gasteiger partial charge < -0.3 is 39.9 Å². The van der Waals surface area contributed by atoms with Crippen molar-refractivity contribution in [2.24, 2.45) is 53.3 Å². The number of ether oxygens (including phenoxy) is 2. The largest absolute Gasteiger partial charge is 0.456 e. The summed E-state index contributed by atoms with van der Waals surface area (Å²) in [5.41, 5.74) is 0.329. The van der Waals surface area contributed by atoms with Gasteiger partial charge in [-0.3, -0.25) is 0 Å². The van der Waals surface area contributed by atoms with Crippen LogP contribution in [0.3, 0.4) is 0 Å². The van der Waals surface area contributed by atoms with E-state index in [1.54, 1.807) is 44.2 Å². The maximum absolute atomic E-state index is 13.7. The van der Waals surface area contributed by atoms with E-state index in [0.717, 1.165) is 44.9 Å². The Labute approximate surface area is 310 Å². The molecule has 13 unspecified atom stereocenters. The van der Waals surface area contributed by atoms with Crippen molar-refractivity contribution in [3.8, 4) is 0 Å². The van der Waals surface area contributed by atoms with Gasteiger partial charge in [-0.1, -0.05) is 84.9 Å². The Kier molecular flexibility index (Phi) is 16.4. The summed E-state index contributed by atoms with van der Waals surface area (Å²) in [5, 5.41) is 64.1. The van der Waals surface area contributed by atoms with Crippen LogP contribution in [0, 0.1) is 53.3 Å². The van der Waals surface area contributed by atoms with Gasteiger partial charge in [-0.25, -0.2) is 9.59 Å². The van der Waals surface area contributed by atoms with E-state index in [0.29, 0.717) is 30.7 Å². The third kappa shape index (κ3) is 11.0. The normalized spacial score (nSPS) is 33.1. The number of hydrogen-bond acceptors (Lipinski definition) is 11. The Morgan fingerprint density at radius 1 is 0.865 bits per heavy atom. The molecule has 0 amide bonds. The molecule has 11 nitrogen and oxygen atoms in total. The zero-order valence-corrected chi connectivity index (χ0v) is 31.8. The summed E-state index contributed by atoms with van der Waals surface area (Å²) in [7, 11) is 0. The second-order valence-electron chi connectivity index (χ2n) is 17.0. The van der Waals surface area contributed by atoms with Crippen molar-refractivity contribution in [1.82, 2.24) is 0 Å². The maximum Gasteiger partial charge on any atom is 0.345 e. The highest BCUT2D eigenvalue weighted by Gasteiger charge is 2.50. The lowest BCUT2D eigenvalue weighted by Crippen LogP contribution is -2.58. The standard InChI is InChI=1S/C41H66O11/c1-23(2)35(43)38(46)36(44)26(5)18-31-25(4)16-24(3)17-29(31)21-33-39(51-40(47)28-14-10-7-11-15-28)32(37(45)34(22-42)50-33)20-30(41(48)52-49)19-27-12-8-6-9-13-27/h7,10-11,14-15,23-27,29-39,42-46,49H,6,8-9,12-13,16-22H2,1-5H3/t24?,25?,26?,29?,30-,31?,32?,33?,34?,35?,36?,37?,38?,39?/m1/s1. The zero-order valence-electron chi connectivity index (χ0n) is 31.8. The average Bonchev–Trinajstić information content (AvgIpc) is 3.14. The molecular formula is C41H66O11. The molecule has 3 aliphatic rings. The number of benzene rings is 1. The molecular weight excluding hydrogens is 668 g/mol. The van der Waals surface area contributed by atoms with Crippen LogP contribution in [0.4, 0.5) is 0 Å². The number of aliphatic hydroxyl groups is 5. The highest BCUT2D eigenvalue weighted by atomic mass is 17.1. The zero-order chi connectivity index (χ0) is 38.1. The predicted octanol–water partition coefficient (Wildman–Crippen LogP) is 5.40. The van der Waals surface area contributed by atoms with Crippen molar-refractivity contribution in [1.29, 1.82) is 0 Å². The molecule has 6 N–H and O–H groups in total. The van der Waals surface area contributed by atoms with E-state index in [-0.39, 0.29) is 41.9 Å². The fourth-order valence-electron chi connectivity index (χ4n) is 9.75. The fourth-order valence-corrected chi connectivity index (χ4v) is 9.75. The lowest BCUT2D eigenvalue weighted by atomic mass is 9.63. The van der Waals surface area contributed by atoms with Gasteiger partial charge in [-0.2, -0.15) is 5.26 Å². The minimum Gasteiger partial charge on any atom is -0.456 e. The van der Waals surface area contributed by atoms with Crippen molar-refractivity contribution < 1.29 is 54.7 Å². The predicted molar refractivity (Wildman–Crippen MR) is 195 cm³/mol. The van der Waals surface area contributed by atoms with E-state index < -0.39 is 73.1 Å². The van der Waals surface area contributed by atoms with Crippen LogP contribution >= 0.6 is 0 Å². The molecule has 3 fully saturated rings. The smallest absolute Gasteiger partial charge is 0.345 e. The minimum atomic E-state index is -1.28.